The Hall–Kier alpha value is -1.39. The van der Waals surface area contributed by atoms with E-state index in [-0.39, 0.29) is 17.9 Å². The molecule has 1 heterocycles. The molecule has 1 saturated heterocycles. The molecule has 2 N–H and O–H groups in total. The number of benzene rings is 1. The van der Waals surface area contributed by atoms with Crippen LogP contribution < -0.4 is 5.73 Å². The van der Waals surface area contributed by atoms with Crippen molar-refractivity contribution in [2.24, 2.45) is 11.7 Å². The van der Waals surface area contributed by atoms with Crippen molar-refractivity contribution in [3.63, 3.8) is 0 Å². The van der Waals surface area contributed by atoms with E-state index in [1.54, 1.807) is 0 Å². The zero-order chi connectivity index (χ0) is 14.5. The van der Waals surface area contributed by atoms with Gasteiger partial charge in [0, 0.05) is 19.1 Å². The lowest BCUT2D eigenvalue weighted by atomic mass is 10.0. The van der Waals surface area contributed by atoms with Gasteiger partial charge in [0.1, 0.15) is 0 Å². The Morgan fingerprint density at radius 3 is 2.60 bits per heavy atom. The molecule has 4 heteroatoms. The van der Waals surface area contributed by atoms with Gasteiger partial charge in [0.05, 0.1) is 19.1 Å². The summed E-state index contributed by atoms with van der Waals surface area (Å²) in [5, 5.41) is 0. The summed E-state index contributed by atoms with van der Waals surface area (Å²) < 4.78 is 5.31. The van der Waals surface area contributed by atoms with Gasteiger partial charge in [-0.25, -0.2) is 0 Å². The second kappa shape index (κ2) is 6.86. The first-order valence-corrected chi connectivity index (χ1v) is 7.29. The number of ether oxygens (including phenoxy) is 1. The summed E-state index contributed by atoms with van der Waals surface area (Å²) in [6.45, 7) is 6.50. The van der Waals surface area contributed by atoms with Crippen molar-refractivity contribution in [1.82, 2.24) is 4.90 Å². The van der Waals surface area contributed by atoms with E-state index in [0.717, 1.165) is 18.5 Å². The van der Waals surface area contributed by atoms with Gasteiger partial charge in [-0.05, 0) is 18.9 Å². The van der Waals surface area contributed by atoms with Crippen molar-refractivity contribution in [3.05, 3.63) is 35.4 Å². The highest BCUT2D eigenvalue weighted by Crippen LogP contribution is 2.17. The monoisotopic (exact) mass is 276 g/mol. The smallest absolute Gasteiger partial charge is 0.229 e. The fourth-order valence-electron chi connectivity index (χ4n) is 2.51. The van der Waals surface area contributed by atoms with E-state index in [0.29, 0.717) is 19.8 Å². The van der Waals surface area contributed by atoms with Crippen molar-refractivity contribution < 1.29 is 9.53 Å². The average molecular weight is 276 g/mol. The molecule has 0 radical (unpaired) electrons. The minimum absolute atomic E-state index is 0.123. The van der Waals surface area contributed by atoms with Crippen LogP contribution in [0.25, 0.3) is 0 Å². The highest BCUT2D eigenvalue weighted by atomic mass is 16.5. The number of nitrogens with zero attached hydrogens (tertiary/aromatic N) is 1. The number of amides is 1. The molecule has 0 spiro atoms. The summed E-state index contributed by atoms with van der Waals surface area (Å²) in [5.41, 5.74) is 8.34. The minimum atomic E-state index is -0.188. The van der Waals surface area contributed by atoms with E-state index in [9.17, 15) is 4.79 Å². The molecule has 4 nitrogen and oxygen atoms in total. The molecule has 2 rings (SSSR count). The van der Waals surface area contributed by atoms with Gasteiger partial charge in [-0.1, -0.05) is 36.8 Å². The summed E-state index contributed by atoms with van der Waals surface area (Å²) in [6.07, 6.45) is 0.945. The lowest BCUT2D eigenvalue weighted by molar-refractivity contribution is -0.136. The maximum atomic E-state index is 12.6. The van der Waals surface area contributed by atoms with E-state index < -0.39 is 0 Å². The van der Waals surface area contributed by atoms with E-state index >= 15 is 0 Å². The summed E-state index contributed by atoms with van der Waals surface area (Å²) >= 11 is 0. The lowest BCUT2D eigenvalue weighted by Gasteiger charge is -2.26. The van der Waals surface area contributed by atoms with Crippen LogP contribution in [0, 0.1) is 12.8 Å². The summed E-state index contributed by atoms with van der Waals surface area (Å²) in [5.74, 6) is -0.0653. The minimum Gasteiger partial charge on any atom is -0.379 e. The molecule has 0 aromatic heterocycles. The van der Waals surface area contributed by atoms with Crippen LogP contribution in [0.4, 0.5) is 0 Å². The highest BCUT2D eigenvalue weighted by molar-refractivity contribution is 5.80. The number of hydrogen-bond acceptors (Lipinski definition) is 3. The van der Waals surface area contributed by atoms with Crippen LogP contribution in [-0.4, -0.2) is 36.6 Å². The summed E-state index contributed by atoms with van der Waals surface area (Å²) in [4.78, 5) is 14.5. The molecule has 2 atom stereocenters. The number of rotatable bonds is 5. The van der Waals surface area contributed by atoms with E-state index in [4.69, 9.17) is 10.5 Å². The van der Waals surface area contributed by atoms with Gasteiger partial charge in [0.25, 0.3) is 0 Å². The van der Waals surface area contributed by atoms with E-state index in [2.05, 4.69) is 38.1 Å². The van der Waals surface area contributed by atoms with Gasteiger partial charge in [-0.15, -0.1) is 0 Å². The van der Waals surface area contributed by atoms with Crippen molar-refractivity contribution in [2.45, 2.75) is 32.9 Å². The fraction of sp³-hybridized carbons (Fsp3) is 0.562. The van der Waals surface area contributed by atoms with Crippen LogP contribution in [-0.2, 0) is 16.1 Å². The maximum Gasteiger partial charge on any atom is 0.229 e. The molecular weight excluding hydrogens is 252 g/mol. The zero-order valence-corrected chi connectivity index (χ0v) is 12.3. The van der Waals surface area contributed by atoms with Crippen LogP contribution in [0.5, 0.6) is 0 Å². The van der Waals surface area contributed by atoms with Crippen molar-refractivity contribution in [1.29, 1.82) is 0 Å². The highest BCUT2D eigenvalue weighted by Gasteiger charge is 2.34. The van der Waals surface area contributed by atoms with Gasteiger partial charge in [0.15, 0.2) is 0 Å². The quantitative estimate of drug-likeness (QED) is 0.890. The second-order valence-corrected chi connectivity index (χ2v) is 5.55. The van der Waals surface area contributed by atoms with Crippen LogP contribution in [0.1, 0.15) is 24.5 Å². The molecule has 1 aromatic rings. The summed E-state index contributed by atoms with van der Waals surface area (Å²) in [6, 6.07) is 8.15. The molecule has 110 valence electrons. The Labute approximate surface area is 120 Å². The largest absolute Gasteiger partial charge is 0.379 e. The summed E-state index contributed by atoms with van der Waals surface area (Å²) in [7, 11) is 0. The third kappa shape index (κ3) is 3.58. The molecule has 0 bridgehead atoms. The van der Waals surface area contributed by atoms with Gasteiger partial charge >= 0.3 is 0 Å². The van der Waals surface area contributed by atoms with Gasteiger partial charge in [-0.2, -0.15) is 0 Å². The number of hydrogen-bond donors (Lipinski definition) is 1. The molecule has 0 aliphatic carbocycles. The van der Waals surface area contributed by atoms with Crippen molar-refractivity contribution in [2.75, 3.05) is 19.8 Å². The predicted octanol–water partition coefficient (Wildman–Crippen LogP) is 1.71. The Bertz CT molecular complexity index is 444. The van der Waals surface area contributed by atoms with Crippen LogP contribution in [0.2, 0.25) is 0 Å². The van der Waals surface area contributed by atoms with Crippen LogP contribution >= 0.6 is 0 Å². The second-order valence-electron chi connectivity index (χ2n) is 5.55. The third-order valence-corrected chi connectivity index (χ3v) is 3.74. The van der Waals surface area contributed by atoms with Gasteiger partial charge in [0.2, 0.25) is 5.91 Å². The van der Waals surface area contributed by atoms with Crippen LogP contribution in [0.15, 0.2) is 24.3 Å². The van der Waals surface area contributed by atoms with Crippen LogP contribution in [0.3, 0.4) is 0 Å². The molecule has 1 fully saturated rings. The maximum absolute atomic E-state index is 12.6. The molecule has 1 aromatic carbocycles. The Kier molecular flexibility index (Phi) is 5.15. The van der Waals surface area contributed by atoms with E-state index in [1.807, 2.05) is 4.90 Å². The number of aryl methyl sites for hydroxylation is 1. The molecule has 1 amide bonds. The fourth-order valence-corrected chi connectivity index (χ4v) is 2.51. The van der Waals surface area contributed by atoms with E-state index in [1.165, 1.54) is 5.56 Å². The Morgan fingerprint density at radius 2 is 2.05 bits per heavy atom. The third-order valence-electron chi connectivity index (χ3n) is 3.74. The number of carbonyl (C=O) groups excluding carboxylic acids is 1. The Morgan fingerprint density at radius 1 is 1.35 bits per heavy atom. The molecule has 0 saturated carbocycles. The average Bonchev–Trinajstić information content (AvgIpc) is 2.86. The lowest BCUT2D eigenvalue weighted by Crippen LogP contribution is -2.43. The Balaban J connectivity index is 2.06. The first kappa shape index (κ1) is 15.0. The molecule has 1 aliphatic rings. The van der Waals surface area contributed by atoms with Crippen molar-refractivity contribution in [3.8, 4) is 0 Å². The molecular formula is C16H24N2O2. The first-order chi connectivity index (χ1) is 9.61. The number of nitrogens with two attached hydrogens (primary N) is 1. The normalized spacial score (nSPS) is 21.9. The number of carbonyl (C=O) groups is 1. The van der Waals surface area contributed by atoms with Crippen molar-refractivity contribution >= 4 is 5.91 Å². The molecule has 1 aliphatic heterocycles. The van der Waals surface area contributed by atoms with Gasteiger partial charge < -0.3 is 15.4 Å². The molecule has 20 heavy (non-hydrogen) atoms. The first-order valence-electron chi connectivity index (χ1n) is 7.29. The topological polar surface area (TPSA) is 55.6 Å². The standard InChI is InChI=1S/C16H24N2O2/c1-3-8-18(9-13-6-4-12(2)5-7-13)16(19)14-10-20-11-15(14)17/h4-7,14-15H,3,8-11,17H2,1-2H3. The molecule has 2 unspecified atom stereocenters. The van der Waals surface area contributed by atoms with Gasteiger partial charge in [-0.3, -0.25) is 4.79 Å². The SMILES string of the molecule is CCCN(Cc1ccc(C)cc1)C(=O)C1COCC1N. The predicted molar refractivity (Wildman–Crippen MR) is 79.2 cm³/mol. The zero-order valence-electron chi connectivity index (χ0n) is 12.3.